The Balaban J connectivity index is 0.964. The summed E-state index contributed by atoms with van der Waals surface area (Å²) in [6, 6.07) is 32.7. The molecule has 8 bridgehead atoms. The van der Waals surface area contributed by atoms with E-state index >= 15 is 24.0 Å². The molecule has 0 unspecified atom stereocenters. The largest absolute Gasteiger partial charge is 0.487 e. The van der Waals surface area contributed by atoms with E-state index in [0.29, 0.717) is 40.4 Å². The molecule has 8 aromatic rings. The van der Waals surface area contributed by atoms with Crippen molar-refractivity contribution in [3.8, 4) is 11.5 Å². The Hall–Kier alpha value is -10.7. The maximum Gasteiger partial charge on any atom is 0.328 e. The van der Waals surface area contributed by atoms with Gasteiger partial charge in [-0.1, -0.05) is 161 Å². The summed E-state index contributed by atoms with van der Waals surface area (Å²) in [5.74, 6) is -7.71. The van der Waals surface area contributed by atoms with Gasteiger partial charge in [0.05, 0.1) is 55.6 Å². The van der Waals surface area contributed by atoms with Gasteiger partial charge < -0.3 is 55.7 Å². The van der Waals surface area contributed by atoms with E-state index in [9.17, 15) is 24.3 Å². The number of Topliss-reactive ketones (excluding diaryl/α,β-unsaturated/α-hetero) is 2. The number of methoxy groups -OCH3 is 1. The lowest BCUT2D eigenvalue weighted by atomic mass is 9.79. The van der Waals surface area contributed by atoms with E-state index in [1.54, 1.807) is 98.4 Å². The molecule has 8 heterocycles. The standard InChI is InChI=1S/C82H99N13O13/c1-48(83-9)74(98)86-72(81(3,4)5)77(101)92-34-32-66-70(92)64(40-53-21-27-55-17-13-15-19-57(55)38-53)68(96)43-59(79(103)104)36-50-22-28-62(29-23-50)107-47-61-45-95(91-89-61)67-33-35-93(78(102)73(82(6,7)8)87-75(99)49(2)84-10)71(67)69(97)42-58(39-52-20-26-54-16-12-14-18-56(54)37-52)76(100)85-65(80(105)106-11)41-51-24-30-63(31-25-51)108-46-60-44-94(66)90-88-60/h12-31,37-38,44-45,48-49,58-59,64-67,70-73,83-84H,32-36,39-43,46-47H2,1-11H3,(H,85,100)(H,86,98)(H,87,99)(H,103,104)/t48-,49-,58+,59+,64-,65-,66+,67+,70+,71-,72+,73+/m0/s1. The molecule has 108 heavy (non-hydrogen) atoms. The fourth-order valence-corrected chi connectivity index (χ4v) is 14.9. The number of likely N-dealkylation sites (tertiary alicyclic amines) is 2. The highest BCUT2D eigenvalue weighted by Crippen LogP contribution is 2.40. The molecule has 0 spiro atoms. The summed E-state index contributed by atoms with van der Waals surface area (Å²) >= 11 is 0. The van der Waals surface area contributed by atoms with Crippen molar-refractivity contribution in [2.45, 2.75) is 174 Å². The monoisotopic (exact) mass is 1470 g/mol. The van der Waals surface area contributed by atoms with E-state index in [0.717, 1.165) is 32.7 Å². The van der Waals surface area contributed by atoms with Crippen LogP contribution in [0.5, 0.6) is 11.5 Å². The molecule has 14 rings (SSSR count). The van der Waals surface area contributed by atoms with Crippen molar-refractivity contribution in [3.63, 3.8) is 0 Å². The van der Waals surface area contributed by atoms with E-state index in [1.807, 2.05) is 126 Å². The molecule has 0 saturated carbocycles. The molecule has 26 heteroatoms. The minimum Gasteiger partial charge on any atom is -0.487 e. The predicted molar refractivity (Wildman–Crippen MR) is 404 cm³/mol. The number of carboxylic acids is 1. The van der Waals surface area contributed by atoms with Gasteiger partial charge in [-0.15, -0.1) is 10.2 Å². The number of benzene rings is 6. The number of hydrogen-bond acceptors (Lipinski definition) is 18. The van der Waals surface area contributed by atoms with Crippen LogP contribution in [0.2, 0.25) is 0 Å². The van der Waals surface area contributed by atoms with Crippen molar-refractivity contribution in [3.05, 3.63) is 179 Å². The molecule has 6 N–H and O–H groups in total. The zero-order chi connectivity index (χ0) is 77.3. The number of amides is 5. The molecule has 26 nitrogen and oxygen atoms in total. The average Bonchev–Trinajstić information content (AvgIpc) is 1.65. The Morgan fingerprint density at radius 1 is 0.583 bits per heavy atom. The molecule has 2 saturated heterocycles. The van der Waals surface area contributed by atoms with Crippen LogP contribution in [-0.2, 0) is 86.8 Å². The van der Waals surface area contributed by atoms with Gasteiger partial charge in [0.2, 0.25) is 29.5 Å². The van der Waals surface area contributed by atoms with E-state index < -0.39 is 149 Å². The number of carbonyl (C=O) groups is 9. The number of aliphatic carboxylic acids is 1. The van der Waals surface area contributed by atoms with Gasteiger partial charge in [-0.2, -0.15) is 0 Å². The van der Waals surface area contributed by atoms with Crippen LogP contribution in [0.1, 0.15) is 127 Å². The van der Waals surface area contributed by atoms with Gasteiger partial charge >= 0.3 is 11.9 Å². The summed E-state index contributed by atoms with van der Waals surface area (Å²) in [4.78, 5) is 136. The quantitative estimate of drug-likeness (QED) is 0.0568. The minimum absolute atomic E-state index is 0.0340. The summed E-state index contributed by atoms with van der Waals surface area (Å²) in [5.41, 5.74) is 1.83. The number of carboxylic acid groups (broad SMARTS) is 1. The second kappa shape index (κ2) is 34.0. The topological polar surface area (TPSA) is 330 Å². The van der Waals surface area contributed by atoms with Crippen LogP contribution < -0.4 is 36.1 Å². The predicted octanol–water partition coefficient (Wildman–Crippen LogP) is 7.69. The first-order valence-corrected chi connectivity index (χ1v) is 37.0. The lowest BCUT2D eigenvalue weighted by Gasteiger charge is -2.39. The molecule has 2 fully saturated rings. The molecular formula is C82H99N13O13. The van der Waals surface area contributed by atoms with E-state index in [-0.39, 0.29) is 58.4 Å². The number of fused-ring (bicyclic) bond motifs is 2. The zero-order valence-corrected chi connectivity index (χ0v) is 63.2. The highest BCUT2D eigenvalue weighted by molar-refractivity contribution is 5.98. The van der Waals surface area contributed by atoms with E-state index in [2.05, 4.69) is 47.2 Å². The summed E-state index contributed by atoms with van der Waals surface area (Å²) in [7, 11) is 4.51. The first kappa shape index (κ1) is 78.3. The number of likely N-dealkylation sites (N-methyl/N-ethyl adjacent to an activating group) is 2. The highest BCUT2D eigenvalue weighted by atomic mass is 16.5. The van der Waals surface area contributed by atoms with Crippen LogP contribution >= 0.6 is 0 Å². The van der Waals surface area contributed by atoms with Crippen molar-refractivity contribution in [2.75, 3.05) is 34.3 Å². The van der Waals surface area contributed by atoms with Crippen molar-refractivity contribution in [1.29, 1.82) is 0 Å². The molecule has 0 radical (unpaired) electrons. The van der Waals surface area contributed by atoms with Crippen LogP contribution in [0.25, 0.3) is 21.5 Å². The third kappa shape index (κ3) is 18.6. The van der Waals surface area contributed by atoms with Crippen molar-refractivity contribution in [1.82, 2.24) is 66.4 Å². The summed E-state index contributed by atoms with van der Waals surface area (Å²) < 4.78 is 21.1. The normalized spacial score (nSPS) is 21.8. The maximum atomic E-state index is 15.8. The molecule has 570 valence electrons. The number of nitrogens with one attached hydrogen (secondary N) is 5. The number of hydrogen-bond donors (Lipinski definition) is 6. The lowest BCUT2D eigenvalue weighted by molar-refractivity contribution is -0.146. The Bertz CT molecular complexity index is 4580. The summed E-state index contributed by atoms with van der Waals surface area (Å²) in [6.07, 6.45) is 3.16. The molecule has 5 amide bonds. The molecule has 6 aliphatic rings. The van der Waals surface area contributed by atoms with Crippen LogP contribution in [0.3, 0.4) is 0 Å². The van der Waals surface area contributed by atoms with Crippen LogP contribution in [0.4, 0.5) is 0 Å². The Morgan fingerprint density at radius 2 is 1.06 bits per heavy atom. The highest BCUT2D eigenvalue weighted by Gasteiger charge is 2.51. The number of rotatable bonds is 14. The average molecular weight is 1470 g/mol. The first-order valence-electron chi connectivity index (χ1n) is 37.0. The second-order valence-corrected chi connectivity index (χ2v) is 31.0. The fraction of sp³-hybridized carbons (Fsp3) is 0.451. The molecule has 0 aliphatic carbocycles. The third-order valence-electron chi connectivity index (χ3n) is 21.3. The summed E-state index contributed by atoms with van der Waals surface area (Å²) in [5, 5.41) is 47.8. The number of nitrogens with zero attached hydrogens (tertiary/aromatic N) is 8. The summed E-state index contributed by atoms with van der Waals surface area (Å²) in [6.45, 7) is 14.5. The van der Waals surface area contributed by atoms with Crippen molar-refractivity contribution in [2.24, 2.45) is 28.6 Å². The Morgan fingerprint density at radius 3 is 1.56 bits per heavy atom. The van der Waals surface area contributed by atoms with Crippen molar-refractivity contribution < 1.29 is 62.5 Å². The van der Waals surface area contributed by atoms with Gasteiger partial charge in [0.15, 0.2) is 5.78 Å². The molecule has 6 aliphatic heterocycles. The fourth-order valence-electron chi connectivity index (χ4n) is 14.9. The van der Waals surface area contributed by atoms with E-state index in [4.69, 9.17) is 14.2 Å². The second-order valence-electron chi connectivity index (χ2n) is 31.0. The number of ketones is 2. The maximum absolute atomic E-state index is 15.8. The van der Waals surface area contributed by atoms with Crippen molar-refractivity contribution >= 4 is 74.6 Å². The van der Waals surface area contributed by atoms with Gasteiger partial charge in [-0.3, -0.25) is 38.4 Å². The molecule has 6 aromatic carbocycles. The number of esters is 1. The molecular weight excluding hydrogens is 1370 g/mol. The van der Waals surface area contributed by atoms with Gasteiger partial charge in [-0.25, -0.2) is 14.2 Å². The lowest BCUT2D eigenvalue weighted by Crippen LogP contribution is -2.59. The number of ether oxygens (including phenoxy) is 3. The van der Waals surface area contributed by atoms with Gasteiger partial charge in [0.1, 0.15) is 66.1 Å². The third-order valence-corrected chi connectivity index (χ3v) is 21.3. The molecule has 12 atom stereocenters. The number of carbonyl (C=O) groups excluding carboxylic acids is 8. The smallest absolute Gasteiger partial charge is 0.328 e. The number of aromatic nitrogens is 6. The van der Waals surface area contributed by atoms with Gasteiger partial charge in [0, 0.05) is 44.2 Å². The van der Waals surface area contributed by atoms with Crippen LogP contribution in [0, 0.1) is 28.6 Å². The Kier molecular flexibility index (Phi) is 24.7. The van der Waals surface area contributed by atoms with Crippen LogP contribution in [0.15, 0.2) is 146 Å². The van der Waals surface area contributed by atoms with Gasteiger partial charge in [-0.05, 0) is 139 Å². The molecule has 2 aromatic heterocycles. The van der Waals surface area contributed by atoms with E-state index in [1.165, 1.54) is 16.7 Å². The Labute approximate surface area is 628 Å². The van der Waals surface area contributed by atoms with Crippen LogP contribution in [-0.4, -0.2) is 175 Å². The SMILES string of the molecule is CN[C@@H](C)C(=O)N[C@H](C(=O)N1CC[C@@H]2[C@H]1[C@@H](Cc1ccc3ccccc3c1)C(=O)C[C@H](C(=O)O)Cc1ccc(cc1)OCc1cn(nn1)[C@@H]1CCN(C(=O)[C@@H](NC(=O)[C@H](C)NC)C(C)(C)C)[C@@H]1C(=O)C[C@@H](Cc1ccc3ccccc3c1)C(=O)N[C@H](C(=O)OC)Cc1ccc(cc1)OCc1cn2nn1)C(C)(C)C. The van der Waals surface area contributed by atoms with Gasteiger partial charge in [0.25, 0.3) is 0 Å². The minimum atomic E-state index is -1.24. The zero-order valence-electron chi connectivity index (χ0n) is 63.2. The first-order chi connectivity index (χ1) is 51.6.